The first-order chi connectivity index (χ1) is 7.43. The highest BCUT2D eigenvalue weighted by Crippen LogP contribution is 2.18. The van der Waals surface area contributed by atoms with Gasteiger partial charge in [-0.05, 0) is 51.2 Å². The summed E-state index contributed by atoms with van der Waals surface area (Å²) < 4.78 is 11.0. The smallest absolute Gasteiger partial charge is 0.292 e. The van der Waals surface area contributed by atoms with E-state index in [0.29, 0.717) is 0 Å². The lowest BCUT2D eigenvalue weighted by atomic mass is 10.3. The van der Waals surface area contributed by atoms with Gasteiger partial charge in [0.05, 0.1) is 7.11 Å². The van der Waals surface area contributed by atoms with Gasteiger partial charge >= 0.3 is 0 Å². The number of hydrogen-bond donors (Lipinski definition) is 1. The van der Waals surface area contributed by atoms with Crippen LogP contribution in [-0.2, 0) is 4.43 Å². The predicted octanol–water partition coefficient (Wildman–Crippen LogP) is 3.23. The van der Waals surface area contributed by atoms with Gasteiger partial charge in [-0.15, -0.1) is 0 Å². The number of ether oxygens (including phenoxy) is 1. The Morgan fingerprint density at radius 2 is 1.69 bits per heavy atom. The number of anilines is 1. The van der Waals surface area contributed by atoms with Crippen LogP contribution in [0.1, 0.15) is 13.8 Å². The highest BCUT2D eigenvalue weighted by atomic mass is 28.4. The summed E-state index contributed by atoms with van der Waals surface area (Å²) in [5.41, 5.74) is 1.08. The average Bonchev–Trinajstić information content (AvgIpc) is 2.16. The molecule has 0 saturated carbocycles. The molecule has 0 unspecified atom stereocenters. The Morgan fingerprint density at radius 1 is 1.12 bits per heavy atom. The van der Waals surface area contributed by atoms with Crippen molar-refractivity contribution in [2.75, 3.05) is 12.1 Å². The first kappa shape index (κ1) is 13.1. The average molecular weight is 239 g/mol. The van der Waals surface area contributed by atoms with Crippen molar-refractivity contribution in [1.29, 1.82) is 0 Å². The van der Waals surface area contributed by atoms with Crippen molar-refractivity contribution in [1.82, 2.24) is 0 Å². The standard InChI is InChI=1S/C12H21NO2Si/c1-10(2)15-16(4,5)13-11-6-8-12(14-3)9-7-11/h6-10,13H,1-5H3. The SMILES string of the molecule is COc1ccc(N[Si](C)(C)OC(C)C)cc1. The Hall–Kier alpha value is -1.00. The second-order valence-electron chi connectivity index (χ2n) is 4.53. The molecule has 3 nitrogen and oxygen atoms in total. The minimum Gasteiger partial charge on any atom is -0.497 e. The van der Waals surface area contributed by atoms with E-state index in [9.17, 15) is 0 Å². The largest absolute Gasteiger partial charge is 0.497 e. The molecule has 16 heavy (non-hydrogen) atoms. The van der Waals surface area contributed by atoms with Gasteiger partial charge in [-0.2, -0.15) is 0 Å². The van der Waals surface area contributed by atoms with E-state index in [2.05, 4.69) is 31.9 Å². The fourth-order valence-corrected chi connectivity index (χ4v) is 3.74. The minimum atomic E-state index is -1.83. The molecule has 0 bridgehead atoms. The lowest BCUT2D eigenvalue weighted by molar-refractivity contribution is 0.235. The normalized spacial score (nSPS) is 11.6. The fraction of sp³-hybridized carbons (Fsp3) is 0.500. The van der Waals surface area contributed by atoms with Crippen molar-refractivity contribution in [3.8, 4) is 5.75 Å². The molecule has 4 heteroatoms. The molecule has 1 aromatic carbocycles. The van der Waals surface area contributed by atoms with E-state index in [1.165, 1.54) is 0 Å². The molecular weight excluding hydrogens is 218 g/mol. The molecule has 0 aromatic heterocycles. The van der Waals surface area contributed by atoms with E-state index in [0.717, 1.165) is 11.4 Å². The van der Waals surface area contributed by atoms with Crippen LogP contribution >= 0.6 is 0 Å². The second-order valence-corrected chi connectivity index (χ2v) is 8.04. The van der Waals surface area contributed by atoms with E-state index in [1.54, 1.807) is 7.11 Å². The third kappa shape index (κ3) is 4.24. The Balaban J connectivity index is 2.64. The maximum absolute atomic E-state index is 5.89. The summed E-state index contributed by atoms with van der Waals surface area (Å²) in [4.78, 5) is 3.46. The van der Waals surface area contributed by atoms with Gasteiger partial charge in [-0.3, -0.25) is 0 Å². The van der Waals surface area contributed by atoms with Crippen LogP contribution in [0.15, 0.2) is 24.3 Å². The predicted molar refractivity (Wildman–Crippen MR) is 70.3 cm³/mol. The summed E-state index contributed by atoms with van der Waals surface area (Å²) in [5.74, 6) is 0.870. The van der Waals surface area contributed by atoms with E-state index >= 15 is 0 Å². The van der Waals surface area contributed by atoms with Crippen molar-refractivity contribution in [3.05, 3.63) is 24.3 Å². The van der Waals surface area contributed by atoms with Gasteiger partial charge in [0.25, 0.3) is 8.48 Å². The molecule has 0 fully saturated rings. The molecule has 0 aliphatic carbocycles. The van der Waals surface area contributed by atoms with Crippen LogP contribution in [0.4, 0.5) is 5.69 Å². The number of hydrogen-bond acceptors (Lipinski definition) is 3. The molecule has 0 radical (unpaired) electrons. The monoisotopic (exact) mass is 239 g/mol. The maximum Gasteiger partial charge on any atom is 0.292 e. The lowest BCUT2D eigenvalue weighted by Gasteiger charge is -2.27. The zero-order chi connectivity index (χ0) is 12.2. The van der Waals surface area contributed by atoms with Crippen molar-refractivity contribution >= 4 is 14.2 Å². The van der Waals surface area contributed by atoms with E-state index in [1.807, 2.05) is 24.3 Å². The molecule has 0 saturated heterocycles. The Morgan fingerprint density at radius 3 is 2.12 bits per heavy atom. The number of nitrogens with one attached hydrogen (secondary N) is 1. The van der Waals surface area contributed by atoms with Gasteiger partial charge in [-0.1, -0.05) is 0 Å². The molecule has 0 spiro atoms. The van der Waals surface area contributed by atoms with E-state index < -0.39 is 8.48 Å². The van der Waals surface area contributed by atoms with E-state index in [-0.39, 0.29) is 6.10 Å². The molecule has 1 N–H and O–H groups in total. The first-order valence-electron chi connectivity index (χ1n) is 5.53. The summed E-state index contributed by atoms with van der Waals surface area (Å²) in [7, 11) is -0.156. The summed E-state index contributed by atoms with van der Waals surface area (Å²) in [6.45, 7) is 8.42. The van der Waals surface area contributed by atoms with Crippen LogP contribution in [0.5, 0.6) is 5.75 Å². The molecule has 0 aliphatic rings. The molecule has 1 rings (SSSR count). The molecule has 0 heterocycles. The van der Waals surface area contributed by atoms with Gasteiger partial charge in [0.1, 0.15) is 5.75 Å². The van der Waals surface area contributed by atoms with Crippen LogP contribution in [-0.4, -0.2) is 21.7 Å². The molecular formula is C12H21NO2Si. The Kier molecular flexibility index (Phi) is 4.38. The molecule has 90 valence electrons. The third-order valence-corrected chi connectivity index (χ3v) is 4.02. The van der Waals surface area contributed by atoms with Crippen LogP contribution in [0.2, 0.25) is 13.1 Å². The van der Waals surface area contributed by atoms with Crippen molar-refractivity contribution in [3.63, 3.8) is 0 Å². The summed E-state index contributed by atoms with van der Waals surface area (Å²) >= 11 is 0. The van der Waals surface area contributed by atoms with Crippen LogP contribution in [0.25, 0.3) is 0 Å². The maximum atomic E-state index is 5.89. The zero-order valence-corrected chi connectivity index (χ0v) is 11.7. The van der Waals surface area contributed by atoms with Crippen molar-refractivity contribution < 1.29 is 9.16 Å². The highest BCUT2D eigenvalue weighted by molar-refractivity contribution is 6.74. The Labute approximate surface area is 99.0 Å². The highest BCUT2D eigenvalue weighted by Gasteiger charge is 2.24. The quantitative estimate of drug-likeness (QED) is 0.800. The lowest BCUT2D eigenvalue weighted by Crippen LogP contribution is -2.42. The summed E-state index contributed by atoms with van der Waals surface area (Å²) in [5, 5.41) is 0. The second kappa shape index (κ2) is 5.36. The van der Waals surface area contributed by atoms with Gasteiger partial charge in [-0.25, -0.2) is 0 Å². The third-order valence-electron chi connectivity index (χ3n) is 2.07. The fourth-order valence-electron chi connectivity index (χ4n) is 1.64. The number of methoxy groups -OCH3 is 1. The van der Waals surface area contributed by atoms with Gasteiger partial charge in [0, 0.05) is 11.8 Å². The summed E-state index contributed by atoms with van der Waals surface area (Å²) in [6, 6.07) is 7.92. The zero-order valence-electron chi connectivity index (χ0n) is 10.7. The van der Waals surface area contributed by atoms with Crippen LogP contribution in [0.3, 0.4) is 0 Å². The Bertz CT molecular complexity index is 322. The van der Waals surface area contributed by atoms with Gasteiger partial charge < -0.3 is 14.1 Å². The van der Waals surface area contributed by atoms with E-state index in [4.69, 9.17) is 9.16 Å². The molecule has 0 amide bonds. The van der Waals surface area contributed by atoms with Crippen molar-refractivity contribution in [2.24, 2.45) is 0 Å². The first-order valence-corrected chi connectivity index (χ1v) is 8.44. The summed E-state index contributed by atoms with van der Waals surface area (Å²) in [6.07, 6.45) is 0.257. The number of benzene rings is 1. The molecule has 0 aliphatic heterocycles. The van der Waals surface area contributed by atoms with Crippen LogP contribution < -0.4 is 9.72 Å². The van der Waals surface area contributed by atoms with Crippen molar-refractivity contribution in [2.45, 2.75) is 33.0 Å². The number of rotatable bonds is 5. The molecule has 0 atom stereocenters. The molecule has 1 aromatic rings. The minimum absolute atomic E-state index is 0.257. The van der Waals surface area contributed by atoms with Gasteiger partial charge in [0.2, 0.25) is 0 Å². The van der Waals surface area contributed by atoms with Crippen LogP contribution in [0, 0.1) is 0 Å². The van der Waals surface area contributed by atoms with Gasteiger partial charge in [0.15, 0.2) is 0 Å². The topological polar surface area (TPSA) is 30.5 Å².